The molecule has 2 fully saturated rings. The molecule has 2 saturated carbocycles. The molecule has 0 spiro atoms. The SMILES string of the molecule is C#C[C@]1(OC(C)=O)CCC2C3CC=C4C=C(OC(C)=O)CCC4C3CC[C@@]21C. The van der Waals surface area contributed by atoms with Gasteiger partial charge in [0.1, 0.15) is 5.76 Å². The van der Waals surface area contributed by atoms with Gasteiger partial charge in [-0.05, 0) is 73.8 Å². The first kappa shape index (κ1) is 19.3. The molecule has 0 amide bonds. The first-order chi connectivity index (χ1) is 13.3. The van der Waals surface area contributed by atoms with Crippen molar-refractivity contribution in [2.75, 3.05) is 0 Å². The number of hydrogen-bond acceptors (Lipinski definition) is 4. The second kappa shape index (κ2) is 6.79. The molecule has 0 saturated heterocycles. The third-order valence-electron chi connectivity index (χ3n) is 8.04. The van der Waals surface area contributed by atoms with Gasteiger partial charge in [-0.3, -0.25) is 9.59 Å². The van der Waals surface area contributed by atoms with Gasteiger partial charge in [0.25, 0.3) is 0 Å². The monoisotopic (exact) mass is 382 g/mol. The van der Waals surface area contributed by atoms with E-state index in [1.807, 2.05) is 0 Å². The van der Waals surface area contributed by atoms with Gasteiger partial charge in [0.05, 0.1) is 0 Å². The largest absolute Gasteiger partial charge is 0.445 e. The van der Waals surface area contributed by atoms with E-state index in [4.69, 9.17) is 15.9 Å². The molecule has 0 aromatic heterocycles. The Bertz CT molecular complexity index is 800. The number of rotatable bonds is 2. The molecule has 0 radical (unpaired) electrons. The van der Waals surface area contributed by atoms with E-state index in [9.17, 15) is 9.59 Å². The Morgan fingerprint density at radius 2 is 1.93 bits per heavy atom. The zero-order chi connectivity index (χ0) is 20.1. The van der Waals surface area contributed by atoms with Crippen LogP contribution >= 0.6 is 0 Å². The average molecular weight is 383 g/mol. The summed E-state index contributed by atoms with van der Waals surface area (Å²) in [6.07, 6.45) is 17.2. The Labute approximate surface area is 167 Å². The fourth-order valence-electron chi connectivity index (χ4n) is 6.87. The van der Waals surface area contributed by atoms with Gasteiger partial charge in [0, 0.05) is 25.7 Å². The number of carbonyl (C=O) groups excluding carboxylic acids is 2. The Hall–Kier alpha value is -2.02. The molecule has 4 heteroatoms. The van der Waals surface area contributed by atoms with Gasteiger partial charge in [-0.15, -0.1) is 6.42 Å². The predicted octanol–water partition coefficient (Wildman–Crippen LogP) is 4.55. The predicted molar refractivity (Wildman–Crippen MR) is 106 cm³/mol. The van der Waals surface area contributed by atoms with Crippen molar-refractivity contribution >= 4 is 11.9 Å². The second-order valence-electron chi connectivity index (χ2n) is 9.28. The summed E-state index contributed by atoms with van der Waals surface area (Å²) in [5, 5.41) is 0. The lowest BCUT2D eigenvalue weighted by molar-refractivity contribution is -0.167. The van der Waals surface area contributed by atoms with Crippen LogP contribution in [0.15, 0.2) is 23.5 Å². The number of esters is 2. The minimum atomic E-state index is -0.757. The normalized spacial score (nSPS) is 41.4. The second-order valence-corrected chi connectivity index (χ2v) is 9.28. The van der Waals surface area contributed by atoms with Crippen LogP contribution in [0.2, 0.25) is 0 Å². The van der Waals surface area contributed by atoms with Crippen molar-refractivity contribution in [2.45, 2.75) is 71.3 Å². The van der Waals surface area contributed by atoms with Gasteiger partial charge < -0.3 is 9.47 Å². The molecule has 4 nitrogen and oxygen atoms in total. The van der Waals surface area contributed by atoms with E-state index in [0.717, 1.165) is 50.7 Å². The summed E-state index contributed by atoms with van der Waals surface area (Å²) in [6, 6.07) is 0. The van der Waals surface area contributed by atoms with Gasteiger partial charge in [0.15, 0.2) is 5.60 Å². The van der Waals surface area contributed by atoms with Gasteiger partial charge in [0.2, 0.25) is 0 Å². The van der Waals surface area contributed by atoms with E-state index in [2.05, 4.69) is 25.0 Å². The summed E-state index contributed by atoms with van der Waals surface area (Å²) < 4.78 is 11.2. The van der Waals surface area contributed by atoms with Crippen LogP contribution in [0.5, 0.6) is 0 Å². The maximum atomic E-state index is 11.8. The molecular weight excluding hydrogens is 352 g/mol. The van der Waals surface area contributed by atoms with Crippen LogP contribution in [0, 0.1) is 41.4 Å². The van der Waals surface area contributed by atoms with Gasteiger partial charge >= 0.3 is 11.9 Å². The molecule has 0 aromatic carbocycles. The van der Waals surface area contributed by atoms with Crippen molar-refractivity contribution in [2.24, 2.45) is 29.1 Å². The average Bonchev–Trinajstić information content (AvgIpc) is 2.93. The Morgan fingerprint density at radius 1 is 1.14 bits per heavy atom. The molecule has 4 aliphatic carbocycles. The highest BCUT2D eigenvalue weighted by Crippen LogP contribution is 2.65. The summed E-state index contributed by atoms with van der Waals surface area (Å²) in [7, 11) is 0. The van der Waals surface area contributed by atoms with Crippen LogP contribution in [0.4, 0.5) is 0 Å². The third-order valence-corrected chi connectivity index (χ3v) is 8.04. The van der Waals surface area contributed by atoms with Crippen molar-refractivity contribution in [3.8, 4) is 12.3 Å². The Balaban J connectivity index is 1.61. The van der Waals surface area contributed by atoms with Crippen LogP contribution in [0.1, 0.15) is 65.7 Å². The molecule has 0 aromatic rings. The molecule has 4 rings (SSSR count). The van der Waals surface area contributed by atoms with Crippen molar-refractivity contribution < 1.29 is 19.1 Å². The van der Waals surface area contributed by atoms with Crippen molar-refractivity contribution in [1.82, 2.24) is 0 Å². The summed E-state index contributed by atoms with van der Waals surface area (Å²) >= 11 is 0. The highest BCUT2D eigenvalue weighted by Gasteiger charge is 2.64. The molecule has 28 heavy (non-hydrogen) atoms. The minimum Gasteiger partial charge on any atom is -0.445 e. The summed E-state index contributed by atoms with van der Waals surface area (Å²) in [5.41, 5.74) is 0.439. The number of fused-ring (bicyclic) bond motifs is 5. The van der Waals surface area contributed by atoms with E-state index in [0.29, 0.717) is 23.7 Å². The first-order valence-electron chi connectivity index (χ1n) is 10.6. The number of carbonyl (C=O) groups is 2. The summed E-state index contributed by atoms with van der Waals surface area (Å²) in [4.78, 5) is 23.1. The van der Waals surface area contributed by atoms with Crippen molar-refractivity contribution in [3.05, 3.63) is 23.5 Å². The fraction of sp³-hybridized carbons (Fsp3) is 0.667. The number of hydrogen-bond donors (Lipinski definition) is 0. The van der Waals surface area contributed by atoms with Gasteiger partial charge in [-0.25, -0.2) is 0 Å². The lowest BCUT2D eigenvalue weighted by atomic mass is 9.51. The molecule has 0 N–H and O–H groups in total. The zero-order valence-electron chi connectivity index (χ0n) is 17.1. The Morgan fingerprint density at radius 3 is 2.61 bits per heavy atom. The van der Waals surface area contributed by atoms with Gasteiger partial charge in [-0.1, -0.05) is 18.9 Å². The standard InChI is InChI=1S/C24H30O4/c1-5-24(28-16(3)26)13-11-22-21-8-6-17-14-18(27-15(2)25)7-9-19(17)20(21)10-12-23(22,24)4/h1,6,14,19-22H,7-13H2,2-4H3/t19?,20?,21?,22?,23-,24-/m0/s1. The van der Waals surface area contributed by atoms with Crippen molar-refractivity contribution in [3.63, 3.8) is 0 Å². The van der Waals surface area contributed by atoms with Crippen LogP contribution in [0.3, 0.4) is 0 Å². The maximum absolute atomic E-state index is 11.8. The zero-order valence-corrected chi connectivity index (χ0v) is 17.1. The molecule has 0 bridgehead atoms. The fourth-order valence-corrected chi connectivity index (χ4v) is 6.87. The molecule has 4 unspecified atom stereocenters. The quantitative estimate of drug-likeness (QED) is 0.519. The third kappa shape index (κ3) is 2.82. The first-order valence-corrected chi connectivity index (χ1v) is 10.6. The molecular formula is C24H30O4. The minimum absolute atomic E-state index is 0.145. The Kier molecular flexibility index (Phi) is 4.68. The number of terminal acetylenes is 1. The maximum Gasteiger partial charge on any atom is 0.307 e. The van der Waals surface area contributed by atoms with E-state index >= 15 is 0 Å². The molecule has 0 aliphatic heterocycles. The number of allylic oxidation sites excluding steroid dienone is 4. The molecule has 6 atom stereocenters. The van der Waals surface area contributed by atoms with E-state index in [-0.39, 0.29) is 17.4 Å². The van der Waals surface area contributed by atoms with Crippen LogP contribution in [0.25, 0.3) is 0 Å². The van der Waals surface area contributed by atoms with Crippen LogP contribution in [-0.4, -0.2) is 17.5 Å². The smallest absolute Gasteiger partial charge is 0.307 e. The van der Waals surface area contributed by atoms with Crippen molar-refractivity contribution in [1.29, 1.82) is 0 Å². The van der Waals surface area contributed by atoms with Crippen LogP contribution in [-0.2, 0) is 19.1 Å². The highest BCUT2D eigenvalue weighted by atomic mass is 16.6. The molecule has 150 valence electrons. The molecule has 4 aliphatic rings. The number of ether oxygens (including phenoxy) is 2. The summed E-state index contributed by atoms with van der Waals surface area (Å²) in [6.45, 7) is 5.18. The van der Waals surface area contributed by atoms with E-state index in [1.54, 1.807) is 0 Å². The van der Waals surface area contributed by atoms with Gasteiger partial charge in [-0.2, -0.15) is 0 Å². The van der Waals surface area contributed by atoms with E-state index in [1.165, 1.54) is 19.4 Å². The lowest BCUT2D eigenvalue weighted by Crippen LogP contribution is -2.53. The lowest BCUT2D eigenvalue weighted by Gasteiger charge is -2.54. The van der Waals surface area contributed by atoms with E-state index < -0.39 is 5.60 Å². The molecule has 0 heterocycles. The topological polar surface area (TPSA) is 52.6 Å². The van der Waals surface area contributed by atoms with Crippen LogP contribution < -0.4 is 0 Å². The summed E-state index contributed by atoms with van der Waals surface area (Å²) in [5.74, 6) is 5.44. The highest BCUT2D eigenvalue weighted by molar-refractivity contribution is 5.68.